The minimum atomic E-state index is -3.26. The highest BCUT2D eigenvalue weighted by atomic mass is 19.3. The first kappa shape index (κ1) is 25.7. The predicted octanol–water partition coefficient (Wildman–Crippen LogP) is 6.42. The van der Waals surface area contributed by atoms with Crippen molar-refractivity contribution < 1.29 is 36.2 Å². The molecule has 10 heteroatoms. The van der Waals surface area contributed by atoms with Gasteiger partial charge >= 0.3 is 13.2 Å². The third-order valence-electron chi connectivity index (χ3n) is 5.48. The Labute approximate surface area is 208 Å². The molecule has 2 aromatic heterocycles. The first-order valence-corrected chi connectivity index (χ1v) is 11.0. The molecule has 0 fully saturated rings. The summed E-state index contributed by atoms with van der Waals surface area (Å²) in [5.41, 5.74) is 2.13. The van der Waals surface area contributed by atoms with Gasteiger partial charge in [0.05, 0.1) is 0 Å². The van der Waals surface area contributed by atoms with E-state index in [1.165, 1.54) is 42.6 Å². The lowest BCUT2D eigenvalue weighted by atomic mass is 9.88. The molecule has 0 aliphatic rings. The van der Waals surface area contributed by atoms with Gasteiger partial charge in [0.2, 0.25) is 0 Å². The SMILES string of the molecule is O=C(c1ccc(C(Cc2ccncc2)c2ccc(OC(F)F)c(OC(F)F)c2)nc1)c1cccc(F)c1. The van der Waals surface area contributed by atoms with E-state index in [0.29, 0.717) is 17.7 Å². The molecule has 0 aliphatic heterocycles. The predicted molar refractivity (Wildman–Crippen MR) is 124 cm³/mol. The summed E-state index contributed by atoms with van der Waals surface area (Å²) >= 11 is 0. The van der Waals surface area contributed by atoms with Crippen molar-refractivity contribution in [2.24, 2.45) is 0 Å². The summed E-state index contributed by atoms with van der Waals surface area (Å²) in [6, 6.07) is 15.7. The zero-order valence-electron chi connectivity index (χ0n) is 19.0. The van der Waals surface area contributed by atoms with Gasteiger partial charge in [0.25, 0.3) is 0 Å². The third-order valence-corrected chi connectivity index (χ3v) is 5.48. The lowest BCUT2D eigenvalue weighted by molar-refractivity contribution is -0.0692. The average Bonchev–Trinajstić information content (AvgIpc) is 2.88. The van der Waals surface area contributed by atoms with Crippen LogP contribution in [0.25, 0.3) is 0 Å². The van der Waals surface area contributed by atoms with E-state index in [4.69, 9.17) is 0 Å². The minimum absolute atomic E-state index is 0.159. The van der Waals surface area contributed by atoms with E-state index < -0.39 is 42.2 Å². The second kappa shape index (κ2) is 11.6. The van der Waals surface area contributed by atoms with E-state index in [1.54, 1.807) is 30.6 Å². The maximum atomic E-state index is 13.5. The first-order valence-electron chi connectivity index (χ1n) is 11.0. The van der Waals surface area contributed by atoms with E-state index in [1.807, 2.05) is 0 Å². The Balaban J connectivity index is 1.71. The van der Waals surface area contributed by atoms with Gasteiger partial charge < -0.3 is 9.47 Å². The maximum Gasteiger partial charge on any atom is 0.387 e. The number of carbonyl (C=O) groups is 1. The molecular formula is C27H19F5N2O3. The van der Waals surface area contributed by atoms with Gasteiger partial charge in [-0.3, -0.25) is 14.8 Å². The molecule has 1 atom stereocenters. The molecule has 190 valence electrons. The summed E-state index contributed by atoms with van der Waals surface area (Å²) in [6.45, 7) is -6.50. The van der Waals surface area contributed by atoms with Gasteiger partial charge in [0.1, 0.15) is 5.82 Å². The Morgan fingerprint density at radius 1 is 0.811 bits per heavy atom. The van der Waals surface area contributed by atoms with Crippen LogP contribution in [0.4, 0.5) is 22.0 Å². The van der Waals surface area contributed by atoms with Crippen molar-refractivity contribution in [3.05, 3.63) is 119 Å². The van der Waals surface area contributed by atoms with Crippen molar-refractivity contribution in [1.82, 2.24) is 9.97 Å². The molecule has 0 saturated heterocycles. The molecule has 0 N–H and O–H groups in total. The molecule has 4 aromatic rings. The Kier molecular flexibility index (Phi) is 8.07. The fraction of sp³-hybridized carbons (Fsp3) is 0.148. The van der Waals surface area contributed by atoms with Gasteiger partial charge in [0, 0.05) is 41.3 Å². The number of halogens is 5. The molecule has 0 spiro atoms. The zero-order valence-corrected chi connectivity index (χ0v) is 19.0. The van der Waals surface area contributed by atoms with Crippen LogP contribution in [-0.4, -0.2) is 29.0 Å². The van der Waals surface area contributed by atoms with Crippen molar-refractivity contribution in [2.45, 2.75) is 25.6 Å². The smallest absolute Gasteiger partial charge is 0.387 e. The number of nitrogens with zero attached hydrogens (tertiary/aromatic N) is 2. The van der Waals surface area contributed by atoms with Gasteiger partial charge in [-0.2, -0.15) is 17.6 Å². The van der Waals surface area contributed by atoms with Crippen LogP contribution < -0.4 is 9.47 Å². The number of aromatic nitrogens is 2. The molecule has 1 unspecified atom stereocenters. The van der Waals surface area contributed by atoms with Gasteiger partial charge in [-0.15, -0.1) is 0 Å². The highest BCUT2D eigenvalue weighted by Crippen LogP contribution is 2.36. The molecule has 2 aromatic carbocycles. The van der Waals surface area contributed by atoms with Crippen LogP contribution in [0.2, 0.25) is 0 Å². The molecule has 0 aliphatic carbocycles. The van der Waals surface area contributed by atoms with Crippen LogP contribution in [0.5, 0.6) is 11.5 Å². The molecule has 37 heavy (non-hydrogen) atoms. The number of ketones is 1. The zero-order chi connectivity index (χ0) is 26.4. The lowest BCUT2D eigenvalue weighted by Crippen LogP contribution is -2.11. The van der Waals surface area contributed by atoms with Gasteiger partial charge in [-0.1, -0.05) is 18.2 Å². The van der Waals surface area contributed by atoms with Crippen molar-refractivity contribution >= 4 is 5.78 Å². The summed E-state index contributed by atoms with van der Waals surface area (Å²) in [5, 5.41) is 0. The molecule has 0 amide bonds. The van der Waals surface area contributed by atoms with Crippen molar-refractivity contribution in [1.29, 1.82) is 0 Å². The summed E-state index contributed by atoms with van der Waals surface area (Å²) < 4.78 is 73.8. The fourth-order valence-electron chi connectivity index (χ4n) is 3.81. The van der Waals surface area contributed by atoms with Crippen molar-refractivity contribution in [3.8, 4) is 11.5 Å². The highest BCUT2D eigenvalue weighted by Gasteiger charge is 2.22. The number of hydrogen-bond donors (Lipinski definition) is 0. The van der Waals surface area contributed by atoms with Crippen LogP contribution in [-0.2, 0) is 6.42 Å². The minimum Gasteiger partial charge on any atom is -0.431 e. The van der Waals surface area contributed by atoms with Crippen LogP contribution in [0, 0.1) is 5.82 Å². The molecule has 0 bridgehead atoms. The first-order chi connectivity index (χ1) is 17.8. The van der Waals surface area contributed by atoms with E-state index in [-0.39, 0.29) is 11.1 Å². The largest absolute Gasteiger partial charge is 0.431 e. The van der Waals surface area contributed by atoms with Crippen molar-refractivity contribution in [2.75, 3.05) is 0 Å². The van der Waals surface area contributed by atoms with Crippen LogP contribution in [0.15, 0.2) is 85.3 Å². The second-order valence-corrected chi connectivity index (χ2v) is 7.89. The van der Waals surface area contributed by atoms with E-state index >= 15 is 0 Å². The summed E-state index contributed by atoms with van der Waals surface area (Å²) in [4.78, 5) is 21.1. The average molecular weight is 514 g/mol. The molecule has 0 radical (unpaired) electrons. The number of alkyl halides is 4. The summed E-state index contributed by atoms with van der Waals surface area (Å²) in [7, 11) is 0. The Hall–Kier alpha value is -4.34. The molecule has 2 heterocycles. The standard InChI is InChI=1S/C27H19F5N2O3/c28-20-3-1-2-18(13-20)25(35)19-4-6-22(34-15-19)21(12-16-8-10-33-11-9-16)17-5-7-23(36-26(29)30)24(14-17)37-27(31)32/h1-11,13-15,21,26-27H,12H2. The molecule has 5 nitrogen and oxygen atoms in total. The summed E-state index contributed by atoms with van der Waals surface area (Å²) in [5.74, 6) is -2.60. The number of hydrogen-bond acceptors (Lipinski definition) is 5. The quantitative estimate of drug-likeness (QED) is 0.180. The number of rotatable bonds is 10. The molecule has 0 saturated carbocycles. The maximum absolute atomic E-state index is 13.5. The number of carbonyl (C=O) groups excluding carboxylic acids is 1. The fourth-order valence-corrected chi connectivity index (χ4v) is 3.81. The van der Waals surface area contributed by atoms with Crippen LogP contribution >= 0.6 is 0 Å². The Morgan fingerprint density at radius 2 is 1.54 bits per heavy atom. The summed E-state index contributed by atoms with van der Waals surface area (Å²) in [6.07, 6.45) is 4.86. The van der Waals surface area contributed by atoms with E-state index in [9.17, 15) is 26.7 Å². The Bertz CT molecular complexity index is 1350. The van der Waals surface area contributed by atoms with Gasteiger partial charge in [-0.05, 0) is 66.1 Å². The topological polar surface area (TPSA) is 61.3 Å². The number of pyridine rings is 2. The number of ether oxygens (including phenoxy) is 2. The monoisotopic (exact) mass is 514 g/mol. The molecular weight excluding hydrogens is 495 g/mol. The number of benzene rings is 2. The lowest BCUT2D eigenvalue weighted by Gasteiger charge is -2.20. The van der Waals surface area contributed by atoms with E-state index in [2.05, 4.69) is 19.4 Å². The van der Waals surface area contributed by atoms with Crippen LogP contribution in [0.3, 0.4) is 0 Å². The van der Waals surface area contributed by atoms with Gasteiger partial charge in [0.15, 0.2) is 17.3 Å². The van der Waals surface area contributed by atoms with E-state index in [0.717, 1.165) is 17.7 Å². The third kappa shape index (κ3) is 6.66. The van der Waals surface area contributed by atoms with Crippen molar-refractivity contribution in [3.63, 3.8) is 0 Å². The second-order valence-electron chi connectivity index (χ2n) is 7.89. The Morgan fingerprint density at radius 3 is 2.19 bits per heavy atom. The van der Waals surface area contributed by atoms with Gasteiger partial charge in [-0.25, -0.2) is 4.39 Å². The highest BCUT2D eigenvalue weighted by molar-refractivity contribution is 6.08. The normalized spacial score (nSPS) is 12.0. The van der Waals surface area contributed by atoms with Crippen LogP contribution in [0.1, 0.15) is 38.7 Å². The molecule has 4 rings (SSSR count).